The van der Waals surface area contributed by atoms with Gasteiger partial charge in [-0.25, -0.2) is 0 Å². The molecule has 4 heteroatoms. The predicted molar refractivity (Wildman–Crippen MR) is 103 cm³/mol. The number of carbonyl (C=O) groups excluding carboxylic acids is 1. The Morgan fingerprint density at radius 1 is 0.885 bits per heavy atom. The molecule has 3 rings (SSSR count). The predicted octanol–water partition coefficient (Wildman–Crippen LogP) is 3.87. The smallest absolute Gasteiger partial charge is 0.255 e. The van der Waals surface area contributed by atoms with E-state index in [4.69, 9.17) is 4.74 Å². The first-order valence-electron chi connectivity index (χ1n) is 8.48. The van der Waals surface area contributed by atoms with Gasteiger partial charge in [0.1, 0.15) is 0 Å². The van der Waals surface area contributed by atoms with Crippen LogP contribution in [0.2, 0.25) is 0 Å². The van der Waals surface area contributed by atoms with Crippen LogP contribution in [0.25, 0.3) is 11.1 Å². The summed E-state index contributed by atoms with van der Waals surface area (Å²) in [7, 11) is 0. The fourth-order valence-electron chi connectivity index (χ4n) is 2.57. The lowest BCUT2D eigenvalue weighted by atomic mass is 10.1. The first-order chi connectivity index (χ1) is 12.7. The largest absolute Gasteiger partial charge is 0.381 e. The molecule has 0 heterocycles. The monoisotopic (exact) mass is 347 g/mol. The van der Waals surface area contributed by atoms with Crippen LogP contribution in [0.15, 0.2) is 84.9 Å². The van der Waals surface area contributed by atoms with Crippen LogP contribution in [0.4, 0.5) is 5.69 Å². The number of hydrogen-bond donors (Lipinski definition) is 2. The van der Waals surface area contributed by atoms with Gasteiger partial charge in [0.15, 0.2) is 6.10 Å². The molecular formula is C22H21NO3. The summed E-state index contributed by atoms with van der Waals surface area (Å²) in [4.78, 5) is 12.2. The van der Waals surface area contributed by atoms with Crippen LogP contribution in [0.5, 0.6) is 0 Å². The van der Waals surface area contributed by atoms with Gasteiger partial charge in [-0.1, -0.05) is 72.8 Å². The lowest BCUT2D eigenvalue weighted by molar-refractivity contribution is -0.127. The molecule has 3 aromatic rings. The fraction of sp³-hybridized carbons (Fsp3) is 0.136. The first kappa shape index (κ1) is 17.9. The quantitative estimate of drug-likeness (QED) is 0.682. The number of ether oxygens (including phenoxy) is 1. The van der Waals surface area contributed by atoms with Gasteiger partial charge >= 0.3 is 0 Å². The van der Waals surface area contributed by atoms with E-state index < -0.39 is 12.0 Å². The van der Waals surface area contributed by atoms with Gasteiger partial charge in [-0.3, -0.25) is 4.79 Å². The molecule has 1 amide bonds. The highest BCUT2D eigenvalue weighted by molar-refractivity contribution is 5.94. The van der Waals surface area contributed by atoms with Crippen LogP contribution >= 0.6 is 0 Å². The molecule has 0 saturated heterocycles. The number of amides is 1. The zero-order valence-corrected chi connectivity index (χ0v) is 14.3. The highest BCUT2D eigenvalue weighted by atomic mass is 16.5. The van der Waals surface area contributed by atoms with Crippen LogP contribution in [0.3, 0.4) is 0 Å². The third-order valence-electron chi connectivity index (χ3n) is 3.93. The van der Waals surface area contributed by atoms with E-state index in [1.165, 1.54) is 0 Å². The number of aliphatic hydroxyl groups excluding tert-OH is 1. The molecule has 4 nitrogen and oxygen atoms in total. The number of anilines is 1. The molecule has 3 aromatic carbocycles. The summed E-state index contributed by atoms with van der Waals surface area (Å²) in [5.74, 6) is -0.483. The van der Waals surface area contributed by atoms with Gasteiger partial charge in [-0.15, -0.1) is 0 Å². The van der Waals surface area contributed by atoms with E-state index in [-0.39, 0.29) is 6.61 Å². The lowest BCUT2D eigenvalue weighted by Crippen LogP contribution is -2.31. The summed E-state index contributed by atoms with van der Waals surface area (Å²) in [6.45, 7) is 0.299. The maximum atomic E-state index is 12.2. The van der Waals surface area contributed by atoms with Crippen LogP contribution < -0.4 is 5.32 Å². The van der Waals surface area contributed by atoms with Crippen LogP contribution in [-0.4, -0.2) is 23.7 Å². The first-order valence-corrected chi connectivity index (χ1v) is 8.48. The normalized spacial score (nSPS) is 11.7. The summed E-state index contributed by atoms with van der Waals surface area (Å²) < 4.78 is 5.42. The van der Waals surface area contributed by atoms with Crippen molar-refractivity contribution in [3.63, 3.8) is 0 Å². The zero-order chi connectivity index (χ0) is 18.2. The van der Waals surface area contributed by atoms with Crippen molar-refractivity contribution in [2.75, 3.05) is 11.9 Å². The molecule has 0 aliphatic rings. The molecule has 0 aliphatic heterocycles. The average Bonchev–Trinajstić information content (AvgIpc) is 2.69. The molecule has 132 valence electrons. The summed E-state index contributed by atoms with van der Waals surface area (Å²) >= 11 is 0. The third-order valence-corrected chi connectivity index (χ3v) is 3.93. The maximum Gasteiger partial charge on any atom is 0.255 e. The van der Waals surface area contributed by atoms with Crippen LogP contribution in [0.1, 0.15) is 5.56 Å². The number of carbonyl (C=O) groups is 1. The summed E-state index contributed by atoms with van der Waals surface area (Å²) in [5, 5.41) is 12.7. The van der Waals surface area contributed by atoms with Crippen molar-refractivity contribution in [3.05, 3.63) is 90.5 Å². The minimum atomic E-state index is -1.22. The van der Waals surface area contributed by atoms with E-state index in [1.807, 2.05) is 78.9 Å². The minimum Gasteiger partial charge on any atom is -0.381 e. The average molecular weight is 347 g/mol. The van der Waals surface area contributed by atoms with Crippen molar-refractivity contribution in [3.8, 4) is 11.1 Å². The fourth-order valence-corrected chi connectivity index (χ4v) is 2.57. The highest BCUT2D eigenvalue weighted by Crippen LogP contribution is 2.22. The molecule has 0 spiro atoms. The van der Waals surface area contributed by atoms with Crippen molar-refractivity contribution in [2.24, 2.45) is 0 Å². The van der Waals surface area contributed by atoms with E-state index in [0.717, 1.165) is 16.7 Å². The zero-order valence-electron chi connectivity index (χ0n) is 14.3. The Bertz CT molecular complexity index is 834. The Morgan fingerprint density at radius 2 is 1.54 bits per heavy atom. The van der Waals surface area contributed by atoms with Crippen LogP contribution in [-0.2, 0) is 16.1 Å². The number of hydrogen-bond acceptors (Lipinski definition) is 3. The van der Waals surface area contributed by atoms with Crippen molar-refractivity contribution in [1.29, 1.82) is 0 Å². The molecule has 0 aromatic heterocycles. The summed E-state index contributed by atoms with van der Waals surface area (Å²) in [6.07, 6.45) is -1.22. The molecule has 0 unspecified atom stereocenters. The third kappa shape index (κ3) is 5.02. The minimum absolute atomic E-state index is 0.0564. The van der Waals surface area contributed by atoms with Gasteiger partial charge in [0, 0.05) is 5.69 Å². The van der Waals surface area contributed by atoms with Gasteiger partial charge in [0.05, 0.1) is 13.2 Å². The Morgan fingerprint density at radius 3 is 2.27 bits per heavy atom. The van der Waals surface area contributed by atoms with E-state index >= 15 is 0 Å². The molecule has 0 bridgehead atoms. The lowest BCUT2D eigenvalue weighted by Gasteiger charge is -2.13. The number of nitrogens with one attached hydrogen (secondary N) is 1. The molecular weight excluding hydrogens is 326 g/mol. The van der Waals surface area contributed by atoms with Crippen molar-refractivity contribution in [2.45, 2.75) is 12.7 Å². The topological polar surface area (TPSA) is 58.6 Å². The molecule has 0 aliphatic carbocycles. The second-order valence-corrected chi connectivity index (χ2v) is 5.95. The summed E-state index contributed by atoms with van der Waals surface area (Å²) in [6, 6.07) is 27.1. The van der Waals surface area contributed by atoms with Gasteiger partial charge in [-0.2, -0.15) is 0 Å². The van der Waals surface area contributed by atoms with Gasteiger partial charge in [0.2, 0.25) is 0 Å². The molecule has 2 N–H and O–H groups in total. The summed E-state index contributed by atoms with van der Waals surface area (Å²) in [5.41, 5.74) is 3.70. The SMILES string of the molecule is O=C(Nc1cccc(-c2ccccc2)c1)[C@@H](O)COCc1ccccc1. The number of benzene rings is 3. The molecule has 1 atom stereocenters. The second-order valence-electron chi connectivity index (χ2n) is 5.95. The second kappa shape index (κ2) is 8.94. The van der Waals surface area contributed by atoms with Crippen molar-refractivity contribution >= 4 is 11.6 Å². The Labute approximate surface area is 153 Å². The van der Waals surface area contributed by atoms with E-state index in [2.05, 4.69) is 5.32 Å². The van der Waals surface area contributed by atoms with Gasteiger partial charge in [0.25, 0.3) is 5.91 Å². The van der Waals surface area contributed by atoms with Crippen molar-refractivity contribution in [1.82, 2.24) is 0 Å². The van der Waals surface area contributed by atoms with E-state index in [9.17, 15) is 9.90 Å². The Hall–Kier alpha value is -2.95. The number of rotatable bonds is 7. The van der Waals surface area contributed by atoms with Gasteiger partial charge in [-0.05, 0) is 28.8 Å². The molecule has 0 radical (unpaired) electrons. The standard InChI is InChI=1S/C22H21NO3/c24-21(16-26-15-17-8-3-1-4-9-17)22(25)23-20-13-7-12-19(14-20)18-10-5-2-6-11-18/h1-14,21,24H,15-16H2,(H,23,25)/t21-/m0/s1. The van der Waals surface area contributed by atoms with E-state index in [1.54, 1.807) is 6.07 Å². The van der Waals surface area contributed by atoms with Crippen LogP contribution in [0, 0.1) is 0 Å². The Balaban J connectivity index is 1.54. The highest BCUT2D eigenvalue weighted by Gasteiger charge is 2.15. The van der Waals surface area contributed by atoms with Gasteiger partial charge < -0.3 is 15.2 Å². The number of aliphatic hydroxyl groups is 1. The van der Waals surface area contributed by atoms with Crippen molar-refractivity contribution < 1.29 is 14.6 Å². The molecule has 0 fully saturated rings. The van der Waals surface area contributed by atoms with E-state index in [0.29, 0.717) is 12.3 Å². The molecule has 26 heavy (non-hydrogen) atoms. The maximum absolute atomic E-state index is 12.2. The Kier molecular flexibility index (Phi) is 6.14. The molecule has 0 saturated carbocycles.